The molecule has 0 spiro atoms. The molecule has 0 saturated carbocycles. The Morgan fingerprint density at radius 2 is 2.14 bits per heavy atom. The van der Waals surface area contributed by atoms with Crippen LogP contribution < -0.4 is 15.8 Å². The van der Waals surface area contributed by atoms with E-state index in [1.807, 2.05) is 43.0 Å². The van der Waals surface area contributed by atoms with Crippen molar-refractivity contribution in [1.82, 2.24) is 10.2 Å². The minimum atomic E-state index is 0.0749. The number of nitrogens with zero attached hydrogens (tertiary/aromatic N) is 1. The van der Waals surface area contributed by atoms with Gasteiger partial charge >= 0.3 is 0 Å². The summed E-state index contributed by atoms with van der Waals surface area (Å²) in [6.07, 6.45) is 0.570. The predicted octanol–water partition coefficient (Wildman–Crippen LogP) is 1.30. The van der Waals surface area contributed by atoms with Crippen LogP contribution >= 0.6 is 0 Å². The molecule has 0 unspecified atom stereocenters. The van der Waals surface area contributed by atoms with E-state index in [4.69, 9.17) is 10.5 Å². The van der Waals surface area contributed by atoms with Crippen LogP contribution in [0.2, 0.25) is 0 Å². The molecule has 1 saturated heterocycles. The van der Waals surface area contributed by atoms with E-state index in [1.165, 1.54) is 0 Å². The quantitative estimate of drug-likeness (QED) is 0.858. The second-order valence-electron chi connectivity index (χ2n) is 5.58. The molecule has 0 aromatic heterocycles. The third-order valence-corrected chi connectivity index (χ3v) is 3.56. The molecule has 1 amide bonds. The molecule has 1 aromatic rings. The minimum absolute atomic E-state index is 0.0749. The van der Waals surface area contributed by atoms with E-state index in [0.717, 1.165) is 30.9 Å². The second kappa shape index (κ2) is 7.43. The summed E-state index contributed by atoms with van der Waals surface area (Å²) in [5, 5.41) is 3.35. The number of piperazine rings is 1. The smallest absolute Gasteiger partial charge is 0.224 e. The van der Waals surface area contributed by atoms with Crippen LogP contribution in [0.25, 0.3) is 0 Å². The molecule has 21 heavy (non-hydrogen) atoms. The van der Waals surface area contributed by atoms with Crippen molar-refractivity contribution in [2.24, 2.45) is 5.73 Å². The summed E-state index contributed by atoms with van der Waals surface area (Å²) in [4.78, 5) is 14.1. The zero-order chi connectivity index (χ0) is 15.2. The first-order valence-electron chi connectivity index (χ1n) is 7.58. The molecule has 5 heteroatoms. The number of hydrogen-bond acceptors (Lipinski definition) is 4. The van der Waals surface area contributed by atoms with E-state index in [1.54, 1.807) is 0 Å². The number of hydrogen-bond donors (Lipinski definition) is 2. The maximum atomic E-state index is 12.2. The Morgan fingerprint density at radius 1 is 1.43 bits per heavy atom. The molecule has 3 N–H and O–H groups in total. The van der Waals surface area contributed by atoms with Crippen molar-refractivity contribution in [3.8, 4) is 5.75 Å². The van der Waals surface area contributed by atoms with E-state index in [9.17, 15) is 4.79 Å². The zero-order valence-electron chi connectivity index (χ0n) is 12.8. The van der Waals surface area contributed by atoms with Gasteiger partial charge in [-0.25, -0.2) is 0 Å². The van der Waals surface area contributed by atoms with Gasteiger partial charge < -0.3 is 20.7 Å². The van der Waals surface area contributed by atoms with Crippen molar-refractivity contribution >= 4 is 5.91 Å². The van der Waals surface area contributed by atoms with E-state index >= 15 is 0 Å². The van der Waals surface area contributed by atoms with Crippen LogP contribution in [-0.2, 0) is 4.79 Å². The van der Waals surface area contributed by atoms with Gasteiger partial charge in [0.1, 0.15) is 5.75 Å². The fourth-order valence-electron chi connectivity index (χ4n) is 2.61. The monoisotopic (exact) mass is 291 g/mol. The fraction of sp³-hybridized carbons (Fsp3) is 0.562. The van der Waals surface area contributed by atoms with E-state index in [-0.39, 0.29) is 18.1 Å². The molecule has 2 rings (SSSR count). The summed E-state index contributed by atoms with van der Waals surface area (Å²) in [7, 11) is 0. The van der Waals surface area contributed by atoms with Gasteiger partial charge in [-0.15, -0.1) is 0 Å². The molecule has 0 bridgehead atoms. The van der Waals surface area contributed by atoms with Crippen LogP contribution in [0.15, 0.2) is 24.3 Å². The Bertz CT molecular complexity index is 459. The van der Waals surface area contributed by atoms with Gasteiger partial charge in [0.2, 0.25) is 5.91 Å². The highest BCUT2D eigenvalue weighted by molar-refractivity contribution is 5.77. The molecule has 0 aliphatic carbocycles. The lowest BCUT2D eigenvalue weighted by atomic mass is 10.0. The summed E-state index contributed by atoms with van der Waals surface area (Å²) in [5.74, 6) is 0.990. The van der Waals surface area contributed by atoms with Crippen LogP contribution in [0.4, 0.5) is 0 Å². The van der Waals surface area contributed by atoms with Gasteiger partial charge in [-0.2, -0.15) is 0 Å². The Hall–Kier alpha value is -1.59. The zero-order valence-corrected chi connectivity index (χ0v) is 12.8. The standard InChI is InChI=1S/C16H25N3O2/c1-12(2)21-14-5-3-13(4-6-14)15-11-18-9-10-19(15)16(20)7-8-17/h3-6,12,15,18H,7-11,17H2,1-2H3/t15-/m1/s1. The molecule has 1 aliphatic rings. The number of nitrogens with one attached hydrogen (secondary N) is 1. The molecule has 0 radical (unpaired) electrons. The van der Waals surface area contributed by atoms with Gasteiger partial charge in [0.15, 0.2) is 0 Å². The maximum absolute atomic E-state index is 12.2. The topological polar surface area (TPSA) is 67.6 Å². The average Bonchev–Trinajstić information content (AvgIpc) is 2.48. The highest BCUT2D eigenvalue weighted by Crippen LogP contribution is 2.25. The molecule has 1 heterocycles. The second-order valence-corrected chi connectivity index (χ2v) is 5.58. The number of carbonyl (C=O) groups excluding carboxylic acids is 1. The summed E-state index contributed by atoms with van der Waals surface area (Å²) in [6, 6.07) is 8.09. The average molecular weight is 291 g/mol. The third-order valence-electron chi connectivity index (χ3n) is 3.56. The van der Waals surface area contributed by atoms with Crippen molar-refractivity contribution < 1.29 is 9.53 Å². The van der Waals surface area contributed by atoms with E-state index in [2.05, 4.69) is 5.32 Å². The molecular weight excluding hydrogens is 266 g/mol. The lowest BCUT2D eigenvalue weighted by Gasteiger charge is -2.36. The highest BCUT2D eigenvalue weighted by atomic mass is 16.5. The van der Waals surface area contributed by atoms with Crippen LogP contribution in [0.3, 0.4) is 0 Å². The Balaban J connectivity index is 2.11. The van der Waals surface area contributed by atoms with Gasteiger partial charge in [0.25, 0.3) is 0 Å². The first-order chi connectivity index (χ1) is 10.1. The number of benzene rings is 1. The van der Waals surface area contributed by atoms with Crippen LogP contribution in [0, 0.1) is 0 Å². The van der Waals surface area contributed by atoms with Gasteiger partial charge in [0, 0.05) is 32.6 Å². The normalized spacial score (nSPS) is 18.9. The van der Waals surface area contributed by atoms with Gasteiger partial charge in [-0.1, -0.05) is 12.1 Å². The lowest BCUT2D eigenvalue weighted by Crippen LogP contribution is -2.49. The van der Waals surface area contributed by atoms with Crippen molar-refractivity contribution in [1.29, 1.82) is 0 Å². The molecule has 1 aromatic carbocycles. The Labute approximate surface area is 126 Å². The summed E-state index contributed by atoms with van der Waals surface area (Å²) < 4.78 is 5.66. The van der Waals surface area contributed by atoms with Crippen LogP contribution in [-0.4, -0.2) is 43.1 Å². The first kappa shape index (κ1) is 15.8. The fourth-order valence-corrected chi connectivity index (χ4v) is 2.61. The number of carbonyl (C=O) groups is 1. The SMILES string of the molecule is CC(C)Oc1ccc([C@H]2CNCCN2C(=O)CCN)cc1. The lowest BCUT2D eigenvalue weighted by molar-refractivity contribution is -0.134. The molecular formula is C16H25N3O2. The van der Waals surface area contributed by atoms with Crippen LogP contribution in [0.1, 0.15) is 31.9 Å². The number of amides is 1. The van der Waals surface area contributed by atoms with Crippen LogP contribution in [0.5, 0.6) is 5.75 Å². The summed E-state index contributed by atoms with van der Waals surface area (Å²) in [5.41, 5.74) is 6.64. The largest absolute Gasteiger partial charge is 0.491 e. The summed E-state index contributed by atoms with van der Waals surface area (Å²) >= 11 is 0. The molecule has 1 fully saturated rings. The minimum Gasteiger partial charge on any atom is -0.491 e. The Kier molecular flexibility index (Phi) is 5.59. The molecule has 5 nitrogen and oxygen atoms in total. The van der Waals surface area contributed by atoms with E-state index < -0.39 is 0 Å². The van der Waals surface area contributed by atoms with Crippen molar-refractivity contribution in [3.63, 3.8) is 0 Å². The van der Waals surface area contributed by atoms with Crippen molar-refractivity contribution in [2.45, 2.75) is 32.4 Å². The maximum Gasteiger partial charge on any atom is 0.224 e. The predicted molar refractivity (Wildman–Crippen MR) is 83.2 cm³/mol. The van der Waals surface area contributed by atoms with Crippen molar-refractivity contribution in [3.05, 3.63) is 29.8 Å². The number of nitrogens with two attached hydrogens (primary N) is 1. The molecule has 1 aliphatic heterocycles. The van der Waals surface area contributed by atoms with Gasteiger partial charge in [-0.05, 0) is 31.5 Å². The van der Waals surface area contributed by atoms with Crippen molar-refractivity contribution in [2.75, 3.05) is 26.2 Å². The number of rotatable bonds is 5. The Morgan fingerprint density at radius 3 is 2.76 bits per heavy atom. The molecule has 116 valence electrons. The third kappa shape index (κ3) is 4.19. The van der Waals surface area contributed by atoms with Gasteiger partial charge in [-0.3, -0.25) is 4.79 Å². The molecule has 1 atom stereocenters. The van der Waals surface area contributed by atoms with E-state index in [0.29, 0.717) is 13.0 Å². The highest BCUT2D eigenvalue weighted by Gasteiger charge is 2.27. The summed E-state index contributed by atoms with van der Waals surface area (Å²) in [6.45, 7) is 6.75. The number of ether oxygens (including phenoxy) is 1. The van der Waals surface area contributed by atoms with Gasteiger partial charge in [0.05, 0.1) is 12.1 Å². The first-order valence-corrected chi connectivity index (χ1v) is 7.58.